The average molecular weight is 361 g/mol. The number of hydrogen-bond donors (Lipinski definition) is 0. The zero-order valence-electron chi connectivity index (χ0n) is 13.2. The average Bonchev–Trinajstić information content (AvgIpc) is 2.92. The fourth-order valence-corrected chi connectivity index (χ4v) is 3.01. The lowest BCUT2D eigenvalue weighted by Gasteiger charge is -2.08. The topological polar surface area (TPSA) is 52.3 Å². The normalized spacial score (nSPS) is 11.4. The van der Waals surface area contributed by atoms with Crippen LogP contribution in [0, 0.1) is 18.6 Å². The Labute approximate surface area is 145 Å². The van der Waals surface area contributed by atoms with Crippen molar-refractivity contribution >= 4 is 28.3 Å². The molecule has 0 aliphatic rings. The van der Waals surface area contributed by atoms with Crippen molar-refractivity contribution in [1.29, 1.82) is 0 Å². The Morgan fingerprint density at radius 1 is 1.12 bits per heavy atom. The Balaban J connectivity index is 2.17. The van der Waals surface area contributed by atoms with Crippen molar-refractivity contribution in [2.24, 2.45) is 0 Å². The van der Waals surface area contributed by atoms with Crippen LogP contribution in [0.1, 0.15) is 5.69 Å². The molecule has 0 amide bonds. The summed E-state index contributed by atoms with van der Waals surface area (Å²) in [7, 11) is 1.45. The van der Waals surface area contributed by atoms with Crippen molar-refractivity contribution in [2.45, 2.75) is 6.92 Å². The molecular formula is C17H11ClF2N4O. The number of imidazole rings is 1. The first kappa shape index (κ1) is 15.7. The van der Waals surface area contributed by atoms with Gasteiger partial charge in [0.15, 0.2) is 11.5 Å². The van der Waals surface area contributed by atoms with Crippen LogP contribution in [0.15, 0.2) is 30.3 Å². The molecule has 4 aromatic rings. The molecule has 0 fully saturated rings. The van der Waals surface area contributed by atoms with Crippen LogP contribution in [0.3, 0.4) is 0 Å². The molecule has 0 radical (unpaired) electrons. The molecule has 2 aromatic carbocycles. The first-order chi connectivity index (χ1) is 12.0. The van der Waals surface area contributed by atoms with Crippen molar-refractivity contribution in [1.82, 2.24) is 19.6 Å². The monoisotopic (exact) mass is 360 g/mol. The molecule has 5 nitrogen and oxygen atoms in total. The number of hydrogen-bond acceptors (Lipinski definition) is 4. The second-order valence-electron chi connectivity index (χ2n) is 5.48. The quantitative estimate of drug-likeness (QED) is 0.538. The second-order valence-corrected chi connectivity index (χ2v) is 5.89. The Bertz CT molecular complexity index is 1140. The van der Waals surface area contributed by atoms with Gasteiger partial charge in [-0.15, -0.1) is 10.2 Å². The highest BCUT2D eigenvalue weighted by molar-refractivity contribution is 6.33. The van der Waals surface area contributed by atoms with E-state index in [4.69, 9.17) is 16.3 Å². The zero-order chi connectivity index (χ0) is 17.7. The maximum Gasteiger partial charge on any atom is 0.183 e. The number of aromatic nitrogens is 4. The standard InChI is InChI=1S/C17H11ClF2N4O/c1-8-16-23-22-15-13(20)6-10(25-2)7-14(15)24(16)17(21-8)11-4-3-9(19)5-12(11)18/h3-7H,1-2H3. The minimum Gasteiger partial charge on any atom is -0.497 e. The molecule has 0 aliphatic carbocycles. The van der Waals surface area contributed by atoms with Gasteiger partial charge in [0, 0.05) is 17.7 Å². The number of aryl methyl sites for hydroxylation is 1. The summed E-state index contributed by atoms with van der Waals surface area (Å²) in [6.07, 6.45) is 0. The van der Waals surface area contributed by atoms with Crippen LogP contribution in [0.2, 0.25) is 5.02 Å². The summed E-state index contributed by atoms with van der Waals surface area (Å²) in [4.78, 5) is 4.48. The van der Waals surface area contributed by atoms with Gasteiger partial charge in [-0.3, -0.25) is 4.40 Å². The number of rotatable bonds is 2. The highest BCUT2D eigenvalue weighted by Crippen LogP contribution is 2.32. The van der Waals surface area contributed by atoms with Gasteiger partial charge in [-0.25, -0.2) is 13.8 Å². The zero-order valence-corrected chi connectivity index (χ0v) is 14.0. The summed E-state index contributed by atoms with van der Waals surface area (Å²) in [6.45, 7) is 1.76. The first-order valence-corrected chi connectivity index (χ1v) is 7.72. The lowest BCUT2D eigenvalue weighted by molar-refractivity contribution is 0.412. The number of nitrogens with zero attached hydrogens (tertiary/aromatic N) is 4. The van der Waals surface area contributed by atoms with E-state index in [0.717, 1.165) is 0 Å². The van der Waals surface area contributed by atoms with Crippen LogP contribution in [0.5, 0.6) is 5.75 Å². The number of halogens is 3. The summed E-state index contributed by atoms with van der Waals surface area (Å²) < 4.78 is 34.5. The summed E-state index contributed by atoms with van der Waals surface area (Å²) in [5, 5.41) is 8.22. The van der Waals surface area contributed by atoms with Crippen LogP contribution < -0.4 is 4.74 Å². The van der Waals surface area contributed by atoms with Crippen molar-refractivity contribution in [3.05, 3.63) is 52.7 Å². The highest BCUT2D eigenvalue weighted by atomic mass is 35.5. The van der Waals surface area contributed by atoms with E-state index in [9.17, 15) is 8.78 Å². The predicted octanol–water partition coefficient (Wildman–Crippen LogP) is 4.19. The maximum absolute atomic E-state index is 14.3. The molecule has 0 aliphatic heterocycles. The Kier molecular flexibility index (Phi) is 3.54. The molecule has 0 saturated carbocycles. The molecule has 2 aromatic heterocycles. The van der Waals surface area contributed by atoms with E-state index in [-0.39, 0.29) is 10.5 Å². The third-order valence-electron chi connectivity index (χ3n) is 3.93. The summed E-state index contributed by atoms with van der Waals surface area (Å²) >= 11 is 6.19. The van der Waals surface area contributed by atoms with Crippen LogP contribution in [-0.4, -0.2) is 26.7 Å². The van der Waals surface area contributed by atoms with Gasteiger partial charge in [-0.05, 0) is 25.1 Å². The minimum atomic E-state index is -0.564. The smallest absolute Gasteiger partial charge is 0.183 e. The number of ether oxygens (including phenoxy) is 1. The summed E-state index contributed by atoms with van der Waals surface area (Å²) in [6, 6.07) is 6.88. The maximum atomic E-state index is 14.3. The molecular weight excluding hydrogens is 350 g/mol. The van der Waals surface area contributed by atoms with Gasteiger partial charge in [0.2, 0.25) is 0 Å². The van der Waals surface area contributed by atoms with Gasteiger partial charge in [-0.2, -0.15) is 0 Å². The lowest BCUT2D eigenvalue weighted by atomic mass is 10.2. The SMILES string of the molecule is COc1cc(F)c2nnc3c(C)nc(-c4ccc(F)cc4Cl)n3c2c1. The van der Waals surface area contributed by atoms with Crippen molar-refractivity contribution in [3.63, 3.8) is 0 Å². The molecule has 0 bridgehead atoms. The van der Waals surface area contributed by atoms with E-state index >= 15 is 0 Å². The van der Waals surface area contributed by atoms with Crippen molar-refractivity contribution < 1.29 is 13.5 Å². The fourth-order valence-electron chi connectivity index (χ4n) is 2.76. The molecule has 25 heavy (non-hydrogen) atoms. The van der Waals surface area contributed by atoms with Gasteiger partial charge in [0.05, 0.1) is 23.3 Å². The van der Waals surface area contributed by atoms with Gasteiger partial charge in [0.25, 0.3) is 0 Å². The van der Waals surface area contributed by atoms with Crippen LogP contribution in [-0.2, 0) is 0 Å². The first-order valence-electron chi connectivity index (χ1n) is 7.34. The molecule has 0 unspecified atom stereocenters. The van der Waals surface area contributed by atoms with Gasteiger partial charge < -0.3 is 4.74 Å². The third kappa shape index (κ3) is 2.39. The lowest BCUT2D eigenvalue weighted by Crippen LogP contribution is -2.00. The molecule has 0 spiro atoms. The Hall–Kier alpha value is -2.80. The number of benzene rings is 2. The molecule has 4 rings (SSSR count). The molecule has 0 N–H and O–H groups in total. The van der Waals surface area contributed by atoms with E-state index in [0.29, 0.717) is 34.0 Å². The largest absolute Gasteiger partial charge is 0.497 e. The van der Waals surface area contributed by atoms with Gasteiger partial charge in [0.1, 0.15) is 22.9 Å². The predicted molar refractivity (Wildman–Crippen MR) is 89.9 cm³/mol. The third-order valence-corrected chi connectivity index (χ3v) is 4.24. The highest BCUT2D eigenvalue weighted by Gasteiger charge is 2.19. The summed E-state index contributed by atoms with van der Waals surface area (Å²) in [5.74, 6) is -0.262. The summed E-state index contributed by atoms with van der Waals surface area (Å²) in [5.41, 5.74) is 2.05. The van der Waals surface area contributed by atoms with E-state index in [2.05, 4.69) is 15.2 Å². The minimum absolute atomic E-state index is 0.0742. The van der Waals surface area contributed by atoms with Gasteiger partial charge in [-0.1, -0.05) is 11.6 Å². The Morgan fingerprint density at radius 2 is 1.92 bits per heavy atom. The van der Waals surface area contributed by atoms with E-state index in [1.807, 2.05) is 0 Å². The number of fused-ring (bicyclic) bond motifs is 3. The van der Waals surface area contributed by atoms with Crippen molar-refractivity contribution in [2.75, 3.05) is 7.11 Å². The molecule has 0 saturated heterocycles. The van der Waals surface area contributed by atoms with Crippen LogP contribution in [0.4, 0.5) is 8.78 Å². The Morgan fingerprint density at radius 3 is 2.64 bits per heavy atom. The second kappa shape index (κ2) is 5.63. The number of methoxy groups -OCH3 is 1. The van der Waals surface area contributed by atoms with E-state index in [1.54, 1.807) is 17.4 Å². The fraction of sp³-hybridized carbons (Fsp3) is 0.118. The van der Waals surface area contributed by atoms with E-state index < -0.39 is 11.6 Å². The van der Waals surface area contributed by atoms with Gasteiger partial charge >= 0.3 is 0 Å². The van der Waals surface area contributed by atoms with E-state index in [1.165, 1.54) is 31.4 Å². The molecule has 126 valence electrons. The van der Waals surface area contributed by atoms with Crippen LogP contribution in [0.25, 0.3) is 28.1 Å². The van der Waals surface area contributed by atoms with Crippen LogP contribution >= 0.6 is 11.6 Å². The molecule has 0 atom stereocenters. The van der Waals surface area contributed by atoms with Crippen molar-refractivity contribution in [3.8, 4) is 17.1 Å². The molecule has 2 heterocycles. The molecule has 8 heteroatoms.